The maximum atomic E-state index is 12.6. The van der Waals surface area contributed by atoms with E-state index in [9.17, 15) is 9.59 Å². The highest BCUT2D eigenvalue weighted by atomic mass is 35.5. The van der Waals surface area contributed by atoms with Crippen LogP contribution in [0.25, 0.3) is 0 Å². The van der Waals surface area contributed by atoms with Crippen molar-refractivity contribution in [2.45, 2.75) is 6.92 Å². The fourth-order valence-corrected chi connectivity index (χ4v) is 2.73. The Bertz CT molecular complexity index is 1040. The number of ether oxygens (including phenoxy) is 1. The van der Waals surface area contributed by atoms with Gasteiger partial charge in [0.15, 0.2) is 0 Å². The topological polar surface area (TPSA) is 80.3 Å². The molecule has 2 aromatic carbocycles. The highest BCUT2D eigenvalue weighted by Crippen LogP contribution is 2.22. The molecule has 2 N–H and O–H groups in total. The first-order valence-corrected chi connectivity index (χ1v) is 8.83. The van der Waals surface area contributed by atoms with Gasteiger partial charge in [0.25, 0.3) is 5.91 Å². The minimum Gasteiger partial charge on any atom is -0.465 e. The lowest BCUT2D eigenvalue weighted by Gasteiger charge is -2.11. The van der Waals surface area contributed by atoms with Crippen LogP contribution in [0.15, 0.2) is 60.8 Å². The predicted molar refractivity (Wildman–Crippen MR) is 109 cm³/mol. The van der Waals surface area contributed by atoms with Crippen molar-refractivity contribution in [2.75, 3.05) is 17.7 Å². The molecule has 6 nitrogen and oxygen atoms in total. The Balaban J connectivity index is 1.78. The number of rotatable bonds is 5. The van der Waals surface area contributed by atoms with Crippen molar-refractivity contribution in [3.05, 3.63) is 82.6 Å². The number of nitrogens with zero attached hydrogens (tertiary/aromatic N) is 1. The van der Waals surface area contributed by atoms with E-state index in [0.29, 0.717) is 27.6 Å². The van der Waals surface area contributed by atoms with Gasteiger partial charge in [0.05, 0.1) is 12.7 Å². The van der Waals surface area contributed by atoms with Gasteiger partial charge in [0, 0.05) is 28.3 Å². The average Bonchev–Trinajstić information content (AvgIpc) is 2.70. The molecule has 1 aromatic heterocycles. The lowest BCUT2D eigenvalue weighted by molar-refractivity contribution is 0.0600. The van der Waals surface area contributed by atoms with Crippen molar-refractivity contribution in [3.8, 4) is 0 Å². The minimum atomic E-state index is -0.421. The largest absolute Gasteiger partial charge is 0.465 e. The number of anilines is 3. The molecule has 3 rings (SSSR count). The summed E-state index contributed by atoms with van der Waals surface area (Å²) in [5.74, 6) is -0.771. The molecule has 0 atom stereocenters. The number of esters is 1. The zero-order valence-corrected chi connectivity index (χ0v) is 16.1. The molecule has 0 saturated heterocycles. The zero-order valence-electron chi connectivity index (χ0n) is 15.3. The van der Waals surface area contributed by atoms with Crippen molar-refractivity contribution in [3.63, 3.8) is 0 Å². The fourth-order valence-electron chi connectivity index (χ4n) is 2.56. The number of benzene rings is 2. The average molecular weight is 396 g/mol. The summed E-state index contributed by atoms with van der Waals surface area (Å²) in [6.45, 7) is 1.88. The maximum Gasteiger partial charge on any atom is 0.337 e. The van der Waals surface area contributed by atoms with E-state index in [1.807, 2.05) is 19.1 Å². The van der Waals surface area contributed by atoms with Crippen LogP contribution >= 0.6 is 11.6 Å². The highest BCUT2D eigenvalue weighted by Gasteiger charge is 2.11. The molecule has 0 bridgehead atoms. The third kappa shape index (κ3) is 4.66. The van der Waals surface area contributed by atoms with Crippen molar-refractivity contribution < 1.29 is 14.3 Å². The first kappa shape index (κ1) is 19.4. The molecule has 0 spiro atoms. The quantitative estimate of drug-likeness (QED) is 0.605. The second-order valence-corrected chi connectivity index (χ2v) is 6.48. The second-order valence-electron chi connectivity index (χ2n) is 6.04. The first-order valence-electron chi connectivity index (χ1n) is 8.45. The van der Waals surface area contributed by atoms with Gasteiger partial charge in [-0.3, -0.25) is 9.78 Å². The van der Waals surface area contributed by atoms with Crippen molar-refractivity contribution in [2.24, 2.45) is 0 Å². The Morgan fingerprint density at radius 1 is 1.04 bits per heavy atom. The normalized spacial score (nSPS) is 10.2. The van der Waals surface area contributed by atoms with E-state index >= 15 is 0 Å². The number of halogens is 1. The molecule has 0 aliphatic heterocycles. The Morgan fingerprint density at radius 3 is 2.61 bits per heavy atom. The SMILES string of the molecule is COC(=O)c1cccc(Nc2ccnc(C(=O)Nc3cc(Cl)ccc3C)c2)c1. The van der Waals surface area contributed by atoms with Crippen LogP contribution in [0, 0.1) is 6.92 Å². The fraction of sp³-hybridized carbons (Fsp3) is 0.0952. The van der Waals surface area contributed by atoms with Crippen LogP contribution in [0.1, 0.15) is 26.4 Å². The lowest BCUT2D eigenvalue weighted by Crippen LogP contribution is -2.14. The summed E-state index contributed by atoms with van der Waals surface area (Å²) < 4.78 is 4.73. The van der Waals surface area contributed by atoms with Gasteiger partial charge in [-0.05, 0) is 55.0 Å². The van der Waals surface area contributed by atoms with Gasteiger partial charge < -0.3 is 15.4 Å². The summed E-state index contributed by atoms with van der Waals surface area (Å²) in [6, 6.07) is 15.5. The third-order valence-corrected chi connectivity index (χ3v) is 4.25. The number of amides is 1. The van der Waals surface area contributed by atoms with Crippen LogP contribution in [0.4, 0.5) is 17.1 Å². The molecule has 28 heavy (non-hydrogen) atoms. The molecule has 1 amide bonds. The summed E-state index contributed by atoms with van der Waals surface area (Å²) in [5.41, 5.74) is 3.54. The predicted octanol–water partition coefficient (Wildman–Crippen LogP) is 4.83. The molecule has 3 aromatic rings. The molecule has 142 valence electrons. The lowest BCUT2D eigenvalue weighted by atomic mass is 10.2. The first-order chi connectivity index (χ1) is 13.5. The Morgan fingerprint density at radius 2 is 1.82 bits per heavy atom. The van der Waals surface area contributed by atoms with Gasteiger partial charge in [-0.1, -0.05) is 23.7 Å². The Labute approximate surface area is 167 Å². The number of aryl methyl sites for hydroxylation is 1. The van der Waals surface area contributed by atoms with E-state index in [1.165, 1.54) is 13.3 Å². The molecule has 0 aliphatic rings. The number of nitrogens with one attached hydrogen (secondary N) is 2. The third-order valence-electron chi connectivity index (χ3n) is 4.01. The highest BCUT2D eigenvalue weighted by molar-refractivity contribution is 6.31. The number of hydrogen-bond acceptors (Lipinski definition) is 5. The molecule has 0 aliphatic carbocycles. The van der Waals surface area contributed by atoms with Crippen LogP contribution in [0.3, 0.4) is 0 Å². The van der Waals surface area contributed by atoms with Gasteiger partial charge in [0.1, 0.15) is 5.69 Å². The van der Waals surface area contributed by atoms with Crippen LogP contribution < -0.4 is 10.6 Å². The van der Waals surface area contributed by atoms with Gasteiger partial charge in [-0.15, -0.1) is 0 Å². The van der Waals surface area contributed by atoms with E-state index in [1.54, 1.807) is 42.5 Å². The van der Waals surface area contributed by atoms with E-state index in [-0.39, 0.29) is 11.6 Å². The molecule has 0 radical (unpaired) electrons. The molecule has 0 unspecified atom stereocenters. The van der Waals surface area contributed by atoms with Crippen LogP contribution in [-0.4, -0.2) is 24.0 Å². The summed E-state index contributed by atoms with van der Waals surface area (Å²) in [6.07, 6.45) is 1.53. The number of aromatic nitrogens is 1. The smallest absolute Gasteiger partial charge is 0.337 e. The molecule has 0 fully saturated rings. The van der Waals surface area contributed by atoms with E-state index in [4.69, 9.17) is 16.3 Å². The maximum absolute atomic E-state index is 12.6. The van der Waals surface area contributed by atoms with Gasteiger partial charge in [-0.2, -0.15) is 0 Å². The van der Waals surface area contributed by atoms with Crippen molar-refractivity contribution >= 4 is 40.5 Å². The molecule has 0 saturated carbocycles. The van der Waals surface area contributed by atoms with Crippen molar-refractivity contribution in [1.29, 1.82) is 0 Å². The number of hydrogen-bond donors (Lipinski definition) is 2. The van der Waals surface area contributed by atoms with Crippen LogP contribution in [0.5, 0.6) is 0 Å². The number of methoxy groups -OCH3 is 1. The molecular formula is C21H18ClN3O3. The zero-order chi connectivity index (χ0) is 20.1. The summed E-state index contributed by atoms with van der Waals surface area (Å²) in [7, 11) is 1.33. The summed E-state index contributed by atoms with van der Waals surface area (Å²) in [4.78, 5) is 28.4. The molecule has 7 heteroatoms. The monoisotopic (exact) mass is 395 g/mol. The Kier molecular flexibility index (Phi) is 5.91. The van der Waals surface area contributed by atoms with E-state index < -0.39 is 5.97 Å². The second kappa shape index (κ2) is 8.54. The number of carbonyl (C=O) groups is 2. The Hall–Kier alpha value is -3.38. The van der Waals surface area contributed by atoms with Crippen LogP contribution in [-0.2, 0) is 4.74 Å². The number of pyridine rings is 1. The molecular weight excluding hydrogens is 378 g/mol. The number of carbonyl (C=O) groups excluding carboxylic acids is 2. The summed E-state index contributed by atoms with van der Waals surface area (Å²) in [5, 5.41) is 6.51. The van der Waals surface area contributed by atoms with E-state index in [0.717, 1.165) is 5.56 Å². The summed E-state index contributed by atoms with van der Waals surface area (Å²) >= 11 is 6.00. The van der Waals surface area contributed by atoms with E-state index in [2.05, 4.69) is 15.6 Å². The van der Waals surface area contributed by atoms with Crippen molar-refractivity contribution in [1.82, 2.24) is 4.98 Å². The van der Waals surface area contributed by atoms with Gasteiger partial charge in [-0.25, -0.2) is 4.79 Å². The molecule has 1 heterocycles. The van der Waals surface area contributed by atoms with Gasteiger partial charge >= 0.3 is 5.97 Å². The van der Waals surface area contributed by atoms with Gasteiger partial charge in [0.2, 0.25) is 0 Å². The van der Waals surface area contributed by atoms with Crippen LogP contribution in [0.2, 0.25) is 5.02 Å². The minimum absolute atomic E-state index is 0.244. The standard InChI is InChI=1S/C21H18ClN3O3/c1-13-6-7-15(22)11-18(13)25-20(26)19-12-17(8-9-23-19)24-16-5-3-4-14(10-16)21(27)28-2/h3-12H,1-2H3,(H,23,24)(H,25,26).